The fourth-order valence-corrected chi connectivity index (χ4v) is 4.06. The summed E-state index contributed by atoms with van der Waals surface area (Å²) in [4.78, 5) is 19.0. The molecule has 1 N–H and O–H groups in total. The maximum atomic E-state index is 12.5. The fraction of sp³-hybridized carbons (Fsp3) is 0.789. The summed E-state index contributed by atoms with van der Waals surface area (Å²) in [5, 5.41) is 3.76. The smallest absolute Gasteiger partial charge is 0.410 e. The Hall–Kier alpha value is -1.56. The van der Waals surface area contributed by atoms with Gasteiger partial charge < -0.3 is 19.5 Å². The maximum Gasteiger partial charge on any atom is 0.410 e. The van der Waals surface area contributed by atoms with Gasteiger partial charge in [-0.1, -0.05) is 0 Å². The number of rotatable bonds is 3. The van der Waals surface area contributed by atoms with E-state index in [9.17, 15) is 4.79 Å². The fourth-order valence-electron chi connectivity index (χ4n) is 4.06. The van der Waals surface area contributed by atoms with Crippen LogP contribution in [0, 0.1) is 6.92 Å². The van der Waals surface area contributed by atoms with Crippen molar-refractivity contribution >= 4 is 6.09 Å². The number of nitrogens with one attached hydrogen (secondary N) is 1. The van der Waals surface area contributed by atoms with E-state index in [0.717, 1.165) is 44.5 Å². The molecule has 0 spiro atoms. The molecule has 0 aliphatic carbocycles. The number of carbonyl (C=O) groups excluding carboxylic acids is 1. The van der Waals surface area contributed by atoms with E-state index in [0.29, 0.717) is 6.04 Å². The van der Waals surface area contributed by atoms with Crippen LogP contribution in [0.4, 0.5) is 4.79 Å². The van der Waals surface area contributed by atoms with Crippen molar-refractivity contribution in [1.82, 2.24) is 19.8 Å². The van der Waals surface area contributed by atoms with Crippen molar-refractivity contribution in [2.45, 2.75) is 90.6 Å². The van der Waals surface area contributed by atoms with Crippen molar-refractivity contribution in [2.24, 2.45) is 0 Å². The molecule has 6 heteroatoms. The van der Waals surface area contributed by atoms with Crippen molar-refractivity contribution in [3.8, 4) is 0 Å². The normalized spacial score (nSPS) is 24.9. The molecular formula is C19H32N4O2. The standard InChI is InChI=1S/C19H32N4O2/c1-13-11-22-12-15(8-9-17(22)20-13)21-14(2)16-7-6-10-23(16)18(24)25-19(3,4)5/h11,14-16,21H,6-10,12H2,1-5H3/t14-,15-,16+/m0/s1. The number of hydrogen-bond acceptors (Lipinski definition) is 4. The van der Waals surface area contributed by atoms with Gasteiger partial charge in [0.25, 0.3) is 0 Å². The van der Waals surface area contributed by atoms with Crippen LogP contribution >= 0.6 is 0 Å². The minimum atomic E-state index is -0.445. The van der Waals surface area contributed by atoms with Crippen molar-refractivity contribution < 1.29 is 9.53 Å². The summed E-state index contributed by atoms with van der Waals surface area (Å²) in [5.74, 6) is 1.19. The Kier molecular flexibility index (Phi) is 5.09. The summed E-state index contributed by atoms with van der Waals surface area (Å²) in [5.41, 5.74) is 0.649. The Morgan fingerprint density at radius 2 is 2.16 bits per heavy atom. The van der Waals surface area contributed by atoms with Crippen LogP contribution < -0.4 is 5.32 Å². The number of ether oxygens (including phenoxy) is 1. The van der Waals surface area contributed by atoms with Gasteiger partial charge in [-0.2, -0.15) is 0 Å². The Balaban J connectivity index is 1.59. The summed E-state index contributed by atoms with van der Waals surface area (Å²) in [6.45, 7) is 11.8. The molecule has 0 bridgehead atoms. The minimum absolute atomic E-state index is 0.181. The van der Waals surface area contributed by atoms with E-state index in [4.69, 9.17) is 4.74 Å². The summed E-state index contributed by atoms with van der Waals surface area (Å²) < 4.78 is 7.86. The van der Waals surface area contributed by atoms with Crippen LogP contribution in [-0.2, 0) is 17.7 Å². The molecule has 1 aromatic rings. The first-order chi connectivity index (χ1) is 11.7. The second kappa shape index (κ2) is 6.98. The molecule has 1 aromatic heterocycles. The van der Waals surface area contributed by atoms with Crippen molar-refractivity contribution in [3.05, 3.63) is 17.7 Å². The SMILES string of the molecule is Cc1cn2c(n1)CC[C@H](N[C@@H](C)[C@H]1CCCN1C(=O)OC(C)(C)C)C2. The van der Waals surface area contributed by atoms with Gasteiger partial charge in [0.05, 0.1) is 11.7 Å². The van der Waals surface area contributed by atoms with Gasteiger partial charge in [-0.3, -0.25) is 0 Å². The zero-order chi connectivity index (χ0) is 18.2. The van der Waals surface area contributed by atoms with Gasteiger partial charge in [0.15, 0.2) is 0 Å². The second-order valence-corrected chi connectivity index (χ2v) is 8.53. The average molecular weight is 348 g/mol. The van der Waals surface area contributed by atoms with E-state index in [1.807, 2.05) is 32.6 Å². The number of aromatic nitrogens is 2. The molecule has 2 aliphatic heterocycles. The molecule has 6 nitrogen and oxygen atoms in total. The maximum absolute atomic E-state index is 12.5. The topological polar surface area (TPSA) is 59.4 Å². The first-order valence-corrected chi connectivity index (χ1v) is 9.51. The predicted octanol–water partition coefficient (Wildman–Crippen LogP) is 2.88. The van der Waals surface area contributed by atoms with Crippen LogP contribution in [0.3, 0.4) is 0 Å². The van der Waals surface area contributed by atoms with Crippen molar-refractivity contribution in [2.75, 3.05) is 6.54 Å². The Labute approximate surface area is 150 Å². The minimum Gasteiger partial charge on any atom is -0.444 e. The Morgan fingerprint density at radius 3 is 2.88 bits per heavy atom. The summed E-state index contributed by atoms with van der Waals surface area (Å²) in [6, 6.07) is 0.893. The van der Waals surface area contributed by atoms with Crippen molar-refractivity contribution in [3.63, 3.8) is 0 Å². The molecule has 0 radical (unpaired) electrons. The first-order valence-electron chi connectivity index (χ1n) is 9.51. The molecule has 3 atom stereocenters. The van der Waals surface area contributed by atoms with Crippen molar-refractivity contribution in [1.29, 1.82) is 0 Å². The molecule has 25 heavy (non-hydrogen) atoms. The van der Waals surface area contributed by atoms with Gasteiger partial charge in [-0.05, 0) is 53.9 Å². The van der Waals surface area contributed by atoms with Gasteiger partial charge in [0.1, 0.15) is 11.4 Å². The lowest BCUT2D eigenvalue weighted by molar-refractivity contribution is 0.0195. The Morgan fingerprint density at radius 1 is 1.40 bits per heavy atom. The van der Waals surface area contributed by atoms with E-state index < -0.39 is 5.60 Å². The average Bonchev–Trinajstić information content (AvgIpc) is 3.10. The van der Waals surface area contributed by atoms with E-state index in [2.05, 4.69) is 28.0 Å². The largest absolute Gasteiger partial charge is 0.444 e. The highest BCUT2D eigenvalue weighted by molar-refractivity contribution is 5.69. The third kappa shape index (κ3) is 4.35. The molecular weight excluding hydrogens is 316 g/mol. The summed E-state index contributed by atoms with van der Waals surface area (Å²) in [6.07, 6.45) is 6.15. The highest BCUT2D eigenvalue weighted by atomic mass is 16.6. The van der Waals surface area contributed by atoms with E-state index in [1.165, 1.54) is 5.82 Å². The monoisotopic (exact) mass is 348 g/mol. The van der Waals surface area contributed by atoms with E-state index in [-0.39, 0.29) is 18.2 Å². The summed E-state index contributed by atoms with van der Waals surface area (Å²) >= 11 is 0. The Bertz CT molecular complexity index is 619. The lowest BCUT2D eigenvalue weighted by atomic mass is 10.0. The number of fused-ring (bicyclic) bond motifs is 1. The van der Waals surface area contributed by atoms with Crippen LogP contribution in [0.25, 0.3) is 0 Å². The molecule has 1 amide bonds. The van der Waals surface area contributed by atoms with Gasteiger partial charge in [-0.25, -0.2) is 9.78 Å². The number of hydrogen-bond donors (Lipinski definition) is 1. The molecule has 3 heterocycles. The molecule has 140 valence electrons. The van der Waals surface area contributed by atoms with Gasteiger partial charge in [0.2, 0.25) is 0 Å². The number of aryl methyl sites for hydroxylation is 2. The third-order valence-corrected chi connectivity index (χ3v) is 5.12. The molecule has 2 aliphatic rings. The summed E-state index contributed by atoms with van der Waals surface area (Å²) in [7, 11) is 0. The van der Waals surface area contributed by atoms with Crippen LogP contribution in [0.5, 0.6) is 0 Å². The van der Waals surface area contributed by atoms with Crippen LogP contribution in [-0.4, -0.2) is 50.8 Å². The molecule has 1 fully saturated rings. The highest BCUT2D eigenvalue weighted by Crippen LogP contribution is 2.24. The quantitative estimate of drug-likeness (QED) is 0.912. The van der Waals surface area contributed by atoms with Crippen LogP contribution in [0.15, 0.2) is 6.20 Å². The second-order valence-electron chi connectivity index (χ2n) is 8.53. The first kappa shape index (κ1) is 18.2. The van der Waals surface area contributed by atoms with Crippen LogP contribution in [0.1, 0.15) is 58.5 Å². The van der Waals surface area contributed by atoms with Crippen LogP contribution in [0.2, 0.25) is 0 Å². The van der Waals surface area contributed by atoms with Gasteiger partial charge in [0, 0.05) is 37.8 Å². The lowest BCUT2D eigenvalue weighted by Crippen LogP contribution is -2.52. The lowest BCUT2D eigenvalue weighted by Gasteiger charge is -2.35. The number of imidazole rings is 1. The number of carbonyl (C=O) groups is 1. The molecule has 0 unspecified atom stereocenters. The molecule has 0 saturated carbocycles. The van der Waals surface area contributed by atoms with Gasteiger partial charge >= 0.3 is 6.09 Å². The number of nitrogens with zero attached hydrogens (tertiary/aromatic N) is 3. The zero-order valence-corrected chi connectivity index (χ0v) is 16.2. The third-order valence-electron chi connectivity index (χ3n) is 5.12. The zero-order valence-electron chi connectivity index (χ0n) is 16.2. The van der Waals surface area contributed by atoms with E-state index in [1.54, 1.807) is 0 Å². The van der Waals surface area contributed by atoms with Gasteiger partial charge in [-0.15, -0.1) is 0 Å². The number of likely N-dealkylation sites (tertiary alicyclic amines) is 1. The van der Waals surface area contributed by atoms with E-state index >= 15 is 0 Å². The number of amides is 1. The highest BCUT2D eigenvalue weighted by Gasteiger charge is 2.36. The molecule has 1 saturated heterocycles. The predicted molar refractivity (Wildman–Crippen MR) is 97.6 cm³/mol. The molecule has 0 aromatic carbocycles. The molecule has 3 rings (SSSR count).